The van der Waals surface area contributed by atoms with Crippen molar-refractivity contribution in [3.8, 4) is 0 Å². The number of hydrogen-bond donors (Lipinski definition) is 0. The third-order valence-electron chi connectivity index (χ3n) is 10.9. The van der Waals surface area contributed by atoms with Gasteiger partial charge in [0.2, 0.25) is 0 Å². The molecule has 0 spiro atoms. The van der Waals surface area contributed by atoms with Gasteiger partial charge < -0.3 is 23.7 Å². The molecule has 0 unspecified atom stereocenters. The summed E-state index contributed by atoms with van der Waals surface area (Å²) in [4.78, 5) is 0.381. The van der Waals surface area contributed by atoms with E-state index in [0.717, 1.165) is 56.9 Å². The Morgan fingerprint density at radius 2 is 1.58 bits per heavy atom. The molecular formula is C37H56O7S. The smallest absolute Gasteiger partial charge is 0.178 e. The topological polar surface area (TPSA) is 80.3 Å². The molecule has 4 fully saturated rings. The maximum atomic E-state index is 13.6. The molecule has 0 amide bonds. The molecule has 5 rings (SSSR count). The van der Waals surface area contributed by atoms with Crippen LogP contribution in [-0.2, 0) is 33.5 Å². The van der Waals surface area contributed by atoms with E-state index in [-0.39, 0.29) is 60.5 Å². The molecule has 0 N–H and O–H groups in total. The molecule has 0 aliphatic carbocycles. The van der Waals surface area contributed by atoms with Crippen molar-refractivity contribution in [2.75, 3.05) is 19.0 Å². The highest BCUT2D eigenvalue weighted by Crippen LogP contribution is 2.43. The minimum atomic E-state index is -3.46. The summed E-state index contributed by atoms with van der Waals surface area (Å²) in [5.74, 6) is 0.951. The second kappa shape index (κ2) is 15.6. The zero-order valence-corrected chi connectivity index (χ0v) is 28.7. The molecule has 10 atom stereocenters. The lowest BCUT2D eigenvalue weighted by Gasteiger charge is -2.38. The summed E-state index contributed by atoms with van der Waals surface area (Å²) in [5.41, 5.74) is 2.26. The molecule has 4 aliphatic rings. The molecule has 1 aromatic rings. The third-order valence-corrected chi connectivity index (χ3v) is 12.7. The summed E-state index contributed by atoms with van der Waals surface area (Å²) in [6.45, 7) is 19.0. The Bertz CT molecular complexity index is 1230. The van der Waals surface area contributed by atoms with E-state index in [1.807, 2.05) is 6.07 Å². The molecule has 7 nitrogen and oxygen atoms in total. The molecule has 0 radical (unpaired) electrons. The maximum absolute atomic E-state index is 13.6. The van der Waals surface area contributed by atoms with Crippen LogP contribution in [0.3, 0.4) is 0 Å². The third kappa shape index (κ3) is 8.88. The van der Waals surface area contributed by atoms with Gasteiger partial charge in [-0.15, -0.1) is 0 Å². The van der Waals surface area contributed by atoms with Crippen molar-refractivity contribution in [2.24, 2.45) is 23.7 Å². The van der Waals surface area contributed by atoms with E-state index in [4.69, 9.17) is 23.7 Å². The number of benzene rings is 1. The first kappa shape index (κ1) is 34.8. The quantitative estimate of drug-likeness (QED) is 0.197. The SMILES string of the molecule is C=C1C[C@H](CCC2OCCO2)O[C@H]1CC[C@H]1C[C@@H](C)C(=C)[C@@H](C[C@@H]2O[C@H](C[C@H](C)CC)[C@H](C)[C@H]2CS(=O)(=O)c2ccccc2)O1. The van der Waals surface area contributed by atoms with E-state index in [1.54, 1.807) is 24.3 Å². The molecule has 0 aromatic heterocycles. The molecule has 8 heteroatoms. The van der Waals surface area contributed by atoms with Crippen LogP contribution in [0.15, 0.2) is 59.5 Å². The minimum Gasteiger partial charge on any atom is -0.374 e. The van der Waals surface area contributed by atoms with Gasteiger partial charge in [0.05, 0.1) is 60.5 Å². The summed E-state index contributed by atoms with van der Waals surface area (Å²) < 4.78 is 58.2. The molecule has 1 aromatic carbocycles. The van der Waals surface area contributed by atoms with Crippen LogP contribution in [0.2, 0.25) is 0 Å². The summed E-state index contributed by atoms with van der Waals surface area (Å²) in [6.07, 6.45) is 7.90. The van der Waals surface area contributed by atoms with Gasteiger partial charge in [0, 0.05) is 18.8 Å². The number of hydrogen-bond acceptors (Lipinski definition) is 7. The fraction of sp³-hybridized carbons (Fsp3) is 0.730. The first-order chi connectivity index (χ1) is 21.5. The monoisotopic (exact) mass is 644 g/mol. The fourth-order valence-corrected chi connectivity index (χ4v) is 9.47. The van der Waals surface area contributed by atoms with Gasteiger partial charge in [0.15, 0.2) is 16.1 Å². The van der Waals surface area contributed by atoms with Gasteiger partial charge in [-0.1, -0.05) is 65.5 Å². The second-order valence-electron chi connectivity index (χ2n) is 14.2. The van der Waals surface area contributed by atoms with E-state index in [2.05, 4.69) is 40.9 Å². The minimum absolute atomic E-state index is 0.0382. The first-order valence-electron chi connectivity index (χ1n) is 17.4. The highest BCUT2D eigenvalue weighted by molar-refractivity contribution is 7.91. The lowest BCUT2D eigenvalue weighted by molar-refractivity contribution is -0.0752. The number of sulfone groups is 1. The van der Waals surface area contributed by atoms with Gasteiger partial charge in [0.25, 0.3) is 0 Å². The fourth-order valence-electron chi connectivity index (χ4n) is 7.68. The average Bonchev–Trinajstić information content (AvgIpc) is 3.74. The molecule has 0 bridgehead atoms. The van der Waals surface area contributed by atoms with Crippen LogP contribution in [-0.4, -0.2) is 70.3 Å². The second-order valence-corrected chi connectivity index (χ2v) is 16.2. The molecule has 45 heavy (non-hydrogen) atoms. The van der Waals surface area contributed by atoms with Crippen LogP contribution in [0.4, 0.5) is 0 Å². The number of ether oxygens (including phenoxy) is 5. The standard InChI is InChI=1S/C37H56O7S/c1-7-24(2)19-34-28(6)32(23-45(38,39)31-11-9-8-10-12-31)36(44-34)22-35-27(5)25(3)20-29(43-35)13-15-33-26(4)21-30(42-33)14-16-37-40-17-18-41-37/h8-12,24-25,28-30,32-37H,4-5,7,13-23H2,1-3,6H3/t24-,25-,28-,29+,30+,32-,33+,34-,35-,36+/m1/s1. The van der Waals surface area contributed by atoms with Crippen LogP contribution < -0.4 is 0 Å². The van der Waals surface area contributed by atoms with Crippen molar-refractivity contribution in [2.45, 2.75) is 133 Å². The predicted molar refractivity (Wildman–Crippen MR) is 177 cm³/mol. The normalized spacial score (nSPS) is 35.3. The van der Waals surface area contributed by atoms with Crippen LogP contribution in [0.5, 0.6) is 0 Å². The molecular weight excluding hydrogens is 588 g/mol. The van der Waals surface area contributed by atoms with Crippen molar-refractivity contribution < 1.29 is 32.1 Å². The van der Waals surface area contributed by atoms with E-state index in [9.17, 15) is 8.42 Å². The Labute approximate surface area is 272 Å². The summed E-state index contributed by atoms with van der Waals surface area (Å²) in [5, 5.41) is 0. The molecule has 4 aliphatic heterocycles. The van der Waals surface area contributed by atoms with Gasteiger partial charge in [0.1, 0.15) is 0 Å². The summed E-state index contributed by atoms with van der Waals surface area (Å²) in [6, 6.07) is 8.83. The van der Waals surface area contributed by atoms with Crippen LogP contribution in [0.25, 0.3) is 0 Å². The van der Waals surface area contributed by atoms with E-state index in [0.29, 0.717) is 36.4 Å². The first-order valence-corrected chi connectivity index (χ1v) is 19.0. The maximum Gasteiger partial charge on any atom is 0.178 e. The highest BCUT2D eigenvalue weighted by Gasteiger charge is 2.46. The van der Waals surface area contributed by atoms with Crippen molar-refractivity contribution in [1.29, 1.82) is 0 Å². The Morgan fingerprint density at radius 1 is 0.889 bits per heavy atom. The van der Waals surface area contributed by atoms with Gasteiger partial charge in [-0.2, -0.15) is 0 Å². The van der Waals surface area contributed by atoms with Crippen molar-refractivity contribution in [3.05, 3.63) is 54.6 Å². The number of rotatable bonds is 14. The summed E-state index contributed by atoms with van der Waals surface area (Å²) >= 11 is 0. The Morgan fingerprint density at radius 3 is 2.29 bits per heavy atom. The average molecular weight is 645 g/mol. The largest absolute Gasteiger partial charge is 0.374 e. The van der Waals surface area contributed by atoms with E-state index >= 15 is 0 Å². The van der Waals surface area contributed by atoms with Crippen molar-refractivity contribution in [1.82, 2.24) is 0 Å². The van der Waals surface area contributed by atoms with Gasteiger partial charge >= 0.3 is 0 Å². The van der Waals surface area contributed by atoms with Crippen LogP contribution in [0.1, 0.15) is 85.5 Å². The molecule has 0 saturated carbocycles. The van der Waals surface area contributed by atoms with E-state index < -0.39 is 9.84 Å². The lowest BCUT2D eigenvalue weighted by atomic mass is 9.81. The molecule has 252 valence electrons. The van der Waals surface area contributed by atoms with Gasteiger partial charge in [-0.05, 0) is 79.6 Å². The van der Waals surface area contributed by atoms with Crippen molar-refractivity contribution >= 4 is 9.84 Å². The van der Waals surface area contributed by atoms with Crippen LogP contribution in [0, 0.1) is 23.7 Å². The van der Waals surface area contributed by atoms with E-state index in [1.165, 1.54) is 5.57 Å². The Kier molecular flexibility index (Phi) is 12.0. The zero-order valence-electron chi connectivity index (χ0n) is 27.9. The lowest BCUT2D eigenvalue weighted by Crippen LogP contribution is -2.38. The predicted octanol–water partition coefficient (Wildman–Crippen LogP) is 7.30. The van der Waals surface area contributed by atoms with Gasteiger partial charge in [-0.3, -0.25) is 0 Å². The van der Waals surface area contributed by atoms with Gasteiger partial charge in [-0.25, -0.2) is 8.42 Å². The highest BCUT2D eigenvalue weighted by atomic mass is 32.2. The zero-order chi connectivity index (χ0) is 32.1. The molecule has 4 saturated heterocycles. The van der Waals surface area contributed by atoms with Crippen LogP contribution >= 0.6 is 0 Å². The molecule has 4 heterocycles. The summed E-state index contributed by atoms with van der Waals surface area (Å²) in [7, 11) is -3.46. The Hall–Kier alpha value is -1.55. The Balaban J connectivity index is 1.20. The van der Waals surface area contributed by atoms with Crippen molar-refractivity contribution in [3.63, 3.8) is 0 Å².